The molecule has 1 aromatic heterocycles. The Kier molecular flexibility index (Phi) is 4.30. The number of rotatable bonds is 4. The standard InChI is InChI=1S/C11H18N4O3/c1-11(2,3)8(9(16)17)15-10(18)14-6-7-12-4-5-13-7/h4-5,8H,6H2,1-3H3,(H,12,13)(H,16,17)(H2,14,15,18)/t8-/m0/s1. The van der Waals surface area contributed by atoms with Crippen LogP contribution in [-0.2, 0) is 11.3 Å². The Morgan fingerprint density at radius 3 is 2.61 bits per heavy atom. The van der Waals surface area contributed by atoms with Crippen LogP contribution in [0.1, 0.15) is 26.6 Å². The number of urea groups is 1. The van der Waals surface area contributed by atoms with E-state index in [1.54, 1.807) is 33.2 Å². The molecular formula is C11H18N4O3. The van der Waals surface area contributed by atoms with Crippen LogP contribution in [0, 0.1) is 5.41 Å². The average molecular weight is 254 g/mol. The quantitative estimate of drug-likeness (QED) is 0.634. The molecular weight excluding hydrogens is 236 g/mol. The number of nitrogens with one attached hydrogen (secondary N) is 3. The summed E-state index contributed by atoms with van der Waals surface area (Å²) in [7, 11) is 0. The monoisotopic (exact) mass is 254 g/mol. The average Bonchev–Trinajstić information content (AvgIpc) is 2.73. The van der Waals surface area contributed by atoms with Gasteiger partial charge in [0.2, 0.25) is 0 Å². The molecule has 7 nitrogen and oxygen atoms in total. The predicted octanol–water partition coefficient (Wildman–Crippen LogP) is 0.708. The number of carboxylic acids is 1. The summed E-state index contributed by atoms with van der Waals surface area (Å²) >= 11 is 0. The number of amides is 2. The third-order valence-electron chi connectivity index (χ3n) is 2.36. The van der Waals surface area contributed by atoms with Gasteiger partial charge in [-0.2, -0.15) is 0 Å². The molecule has 0 radical (unpaired) electrons. The topological polar surface area (TPSA) is 107 Å². The molecule has 0 aliphatic rings. The first kappa shape index (κ1) is 14.0. The second-order valence-electron chi connectivity index (χ2n) is 5.00. The van der Waals surface area contributed by atoms with Crippen molar-refractivity contribution in [3.05, 3.63) is 18.2 Å². The summed E-state index contributed by atoms with van der Waals surface area (Å²) in [6.07, 6.45) is 3.22. The molecule has 0 saturated carbocycles. The highest BCUT2D eigenvalue weighted by atomic mass is 16.4. The molecule has 1 rings (SSSR count). The minimum atomic E-state index is -1.06. The van der Waals surface area contributed by atoms with Crippen molar-refractivity contribution in [3.8, 4) is 0 Å². The maximum atomic E-state index is 11.6. The summed E-state index contributed by atoms with van der Waals surface area (Å²) in [5.74, 6) is -0.455. The molecule has 0 unspecified atom stereocenters. The van der Waals surface area contributed by atoms with Crippen molar-refractivity contribution in [2.24, 2.45) is 5.41 Å². The fourth-order valence-corrected chi connectivity index (χ4v) is 1.39. The van der Waals surface area contributed by atoms with Crippen molar-refractivity contribution in [3.63, 3.8) is 0 Å². The van der Waals surface area contributed by atoms with Gasteiger partial charge in [0.25, 0.3) is 0 Å². The molecule has 0 saturated heterocycles. The van der Waals surface area contributed by atoms with Gasteiger partial charge in [-0.05, 0) is 5.41 Å². The van der Waals surface area contributed by atoms with Gasteiger partial charge in [-0.25, -0.2) is 14.6 Å². The molecule has 2 amide bonds. The van der Waals surface area contributed by atoms with Gasteiger partial charge in [0, 0.05) is 12.4 Å². The van der Waals surface area contributed by atoms with E-state index in [4.69, 9.17) is 5.11 Å². The highest BCUT2D eigenvalue weighted by Gasteiger charge is 2.32. The van der Waals surface area contributed by atoms with Crippen molar-refractivity contribution in [2.75, 3.05) is 0 Å². The summed E-state index contributed by atoms with van der Waals surface area (Å²) in [5, 5.41) is 14.0. The molecule has 0 aliphatic heterocycles. The number of carbonyl (C=O) groups is 2. The first-order chi connectivity index (χ1) is 8.30. The third-order valence-corrected chi connectivity index (χ3v) is 2.36. The lowest BCUT2D eigenvalue weighted by atomic mass is 9.87. The number of H-pyrrole nitrogens is 1. The lowest BCUT2D eigenvalue weighted by Gasteiger charge is -2.27. The van der Waals surface area contributed by atoms with Crippen LogP contribution in [0.15, 0.2) is 12.4 Å². The van der Waals surface area contributed by atoms with Crippen LogP contribution in [0.5, 0.6) is 0 Å². The fraction of sp³-hybridized carbons (Fsp3) is 0.545. The largest absolute Gasteiger partial charge is 0.480 e. The zero-order chi connectivity index (χ0) is 13.8. The Morgan fingerprint density at radius 2 is 2.17 bits per heavy atom. The minimum Gasteiger partial charge on any atom is -0.480 e. The van der Waals surface area contributed by atoms with E-state index in [-0.39, 0.29) is 6.54 Å². The van der Waals surface area contributed by atoms with E-state index in [0.29, 0.717) is 5.82 Å². The number of carboxylic acid groups (broad SMARTS) is 1. The van der Waals surface area contributed by atoms with Crippen LogP contribution in [-0.4, -0.2) is 33.1 Å². The molecule has 0 bridgehead atoms. The normalized spacial score (nSPS) is 12.8. The first-order valence-electron chi connectivity index (χ1n) is 5.56. The number of aromatic nitrogens is 2. The van der Waals surface area contributed by atoms with Gasteiger partial charge in [0.15, 0.2) is 0 Å². The maximum absolute atomic E-state index is 11.6. The Balaban J connectivity index is 2.49. The van der Waals surface area contributed by atoms with E-state index >= 15 is 0 Å². The van der Waals surface area contributed by atoms with Gasteiger partial charge >= 0.3 is 12.0 Å². The number of hydrogen-bond donors (Lipinski definition) is 4. The highest BCUT2D eigenvalue weighted by molar-refractivity contribution is 5.83. The fourth-order valence-electron chi connectivity index (χ4n) is 1.39. The van der Waals surface area contributed by atoms with Gasteiger partial charge in [-0.1, -0.05) is 20.8 Å². The molecule has 7 heteroatoms. The molecule has 0 aromatic carbocycles. The summed E-state index contributed by atoms with van der Waals surface area (Å²) in [5.41, 5.74) is -0.562. The zero-order valence-corrected chi connectivity index (χ0v) is 10.7. The second kappa shape index (κ2) is 5.52. The highest BCUT2D eigenvalue weighted by Crippen LogP contribution is 2.19. The van der Waals surface area contributed by atoms with E-state index in [2.05, 4.69) is 20.6 Å². The Bertz CT molecular complexity index is 408. The van der Waals surface area contributed by atoms with Crippen LogP contribution >= 0.6 is 0 Å². The molecule has 1 atom stereocenters. The van der Waals surface area contributed by atoms with E-state index < -0.39 is 23.5 Å². The van der Waals surface area contributed by atoms with Crippen molar-refractivity contribution in [1.82, 2.24) is 20.6 Å². The number of aromatic amines is 1. The molecule has 18 heavy (non-hydrogen) atoms. The van der Waals surface area contributed by atoms with Crippen molar-refractivity contribution >= 4 is 12.0 Å². The number of hydrogen-bond acceptors (Lipinski definition) is 3. The van der Waals surface area contributed by atoms with Gasteiger partial charge < -0.3 is 20.7 Å². The van der Waals surface area contributed by atoms with Crippen LogP contribution in [0.4, 0.5) is 4.79 Å². The Hall–Kier alpha value is -2.05. The van der Waals surface area contributed by atoms with Crippen molar-refractivity contribution in [1.29, 1.82) is 0 Å². The van der Waals surface area contributed by atoms with Crippen LogP contribution in [0.3, 0.4) is 0 Å². The summed E-state index contributed by atoms with van der Waals surface area (Å²) in [6.45, 7) is 5.46. The lowest BCUT2D eigenvalue weighted by molar-refractivity contribution is -0.141. The smallest absolute Gasteiger partial charge is 0.326 e. The Morgan fingerprint density at radius 1 is 1.50 bits per heavy atom. The van der Waals surface area contributed by atoms with Gasteiger partial charge in [-0.3, -0.25) is 0 Å². The molecule has 1 heterocycles. The first-order valence-corrected chi connectivity index (χ1v) is 5.56. The van der Waals surface area contributed by atoms with E-state index in [9.17, 15) is 9.59 Å². The summed E-state index contributed by atoms with van der Waals surface area (Å²) < 4.78 is 0. The predicted molar refractivity (Wildman–Crippen MR) is 64.8 cm³/mol. The van der Waals surface area contributed by atoms with E-state index in [1.165, 1.54) is 0 Å². The number of imidazole rings is 1. The molecule has 1 aromatic rings. The van der Waals surface area contributed by atoms with Gasteiger partial charge in [0.1, 0.15) is 11.9 Å². The third kappa shape index (κ3) is 4.08. The van der Waals surface area contributed by atoms with Crippen LogP contribution in [0.2, 0.25) is 0 Å². The van der Waals surface area contributed by atoms with Crippen molar-refractivity contribution < 1.29 is 14.7 Å². The van der Waals surface area contributed by atoms with Gasteiger partial charge in [0.05, 0.1) is 6.54 Å². The zero-order valence-electron chi connectivity index (χ0n) is 10.7. The molecule has 0 spiro atoms. The second-order valence-corrected chi connectivity index (χ2v) is 5.00. The Labute approximate surface area is 105 Å². The molecule has 0 aliphatic carbocycles. The lowest BCUT2D eigenvalue weighted by Crippen LogP contribution is -2.52. The van der Waals surface area contributed by atoms with Gasteiger partial charge in [-0.15, -0.1) is 0 Å². The van der Waals surface area contributed by atoms with E-state index in [0.717, 1.165) is 0 Å². The SMILES string of the molecule is CC(C)(C)[C@@H](NC(=O)NCc1ncc[nH]1)C(=O)O. The molecule has 0 fully saturated rings. The minimum absolute atomic E-state index is 0.218. The number of carbonyl (C=O) groups excluding carboxylic acids is 1. The molecule has 4 N–H and O–H groups in total. The molecule has 100 valence electrons. The summed E-state index contributed by atoms with van der Waals surface area (Å²) in [6, 6.07) is -1.48. The van der Waals surface area contributed by atoms with E-state index in [1.807, 2.05) is 0 Å². The van der Waals surface area contributed by atoms with Crippen LogP contribution in [0.25, 0.3) is 0 Å². The summed E-state index contributed by atoms with van der Waals surface area (Å²) in [4.78, 5) is 29.4. The van der Waals surface area contributed by atoms with Crippen molar-refractivity contribution in [2.45, 2.75) is 33.4 Å². The van der Waals surface area contributed by atoms with Crippen LogP contribution < -0.4 is 10.6 Å². The maximum Gasteiger partial charge on any atom is 0.326 e. The number of nitrogens with zero attached hydrogens (tertiary/aromatic N) is 1. The number of aliphatic carboxylic acids is 1.